The highest BCUT2D eigenvalue weighted by Crippen LogP contribution is 2.32. The lowest BCUT2D eigenvalue weighted by Gasteiger charge is -2.06. The number of fused-ring (bicyclic) bond motifs is 1. The molecule has 0 aliphatic carbocycles. The fraction of sp³-hybridized carbons (Fsp3) is 0.200. The van der Waals surface area contributed by atoms with Gasteiger partial charge in [-0.15, -0.1) is 10.2 Å². The van der Waals surface area contributed by atoms with Gasteiger partial charge in [-0.25, -0.2) is 0 Å². The summed E-state index contributed by atoms with van der Waals surface area (Å²) in [5, 5.41) is 10.3. The molecule has 1 aromatic heterocycles. The Kier molecular flexibility index (Phi) is 5.10. The number of carbonyl (C=O) groups excluding carboxylic acids is 2. The Morgan fingerprint density at radius 2 is 1.97 bits per heavy atom. The van der Waals surface area contributed by atoms with E-state index in [4.69, 9.17) is 18.6 Å². The number of aromatic nitrogens is 2. The van der Waals surface area contributed by atoms with Crippen LogP contribution >= 0.6 is 0 Å². The van der Waals surface area contributed by atoms with E-state index < -0.39 is 11.9 Å². The smallest absolute Gasteiger partial charge is 0.325 e. The zero-order valence-corrected chi connectivity index (χ0v) is 15.5. The molecule has 29 heavy (non-hydrogen) atoms. The number of rotatable bonds is 6. The zero-order valence-electron chi connectivity index (χ0n) is 15.5. The van der Waals surface area contributed by atoms with E-state index in [0.717, 1.165) is 11.1 Å². The average Bonchev–Trinajstić information content (AvgIpc) is 3.39. The normalized spacial score (nSPS) is 11.9. The summed E-state index contributed by atoms with van der Waals surface area (Å²) in [5.74, 6) is 0.508. The molecule has 1 N–H and O–H groups in total. The van der Waals surface area contributed by atoms with Gasteiger partial charge in [0.1, 0.15) is 6.54 Å². The minimum absolute atomic E-state index is 0.119. The van der Waals surface area contributed by atoms with Crippen molar-refractivity contribution < 1.29 is 28.2 Å². The first-order valence-corrected chi connectivity index (χ1v) is 8.81. The van der Waals surface area contributed by atoms with Gasteiger partial charge in [-0.1, -0.05) is 17.7 Å². The second-order valence-electron chi connectivity index (χ2n) is 6.28. The third-order valence-corrected chi connectivity index (χ3v) is 4.12. The van der Waals surface area contributed by atoms with Crippen LogP contribution in [0, 0.1) is 6.92 Å². The Morgan fingerprint density at radius 3 is 2.83 bits per heavy atom. The molecule has 2 aromatic carbocycles. The number of nitrogens with zero attached hydrogens (tertiary/aromatic N) is 2. The number of esters is 1. The molecular weight excluding hydrogens is 378 g/mol. The highest BCUT2D eigenvalue weighted by atomic mass is 16.7. The second kappa shape index (κ2) is 8.01. The van der Waals surface area contributed by atoms with Crippen molar-refractivity contribution in [1.82, 2.24) is 15.5 Å². The highest BCUT2D eigenvalue weighted by molar-refractivity contribution is 5.96. The van der Waals surface area contributed by atoms with Crippen molar-refractivity contribution in [2.75, 3.05) is 13.3 Å². The van der Waals surface area contributed by atoms with Crippen LogP contribution in [0.4, 0.5) is 0 Å². The first-order chi connectivity index (χ1) is 14.1. The number of aryl methyl sites for hydroxylation is 1. The Balaban J connectivity index is 1.27. The van der Waals surface area contributed by atoms with Gasteiger partial charge in [0.15, 0.2) is 18.1 Å². The molecule has 9 nitrogen and oxygen atoms in total. The van der Waals surface area contributed by atoms with Gasteiger partial charge in [0.05, 0.1) is 0 Å². The van der Waals surface area contributed by atoms with Gasteiger partial charge in [0.25, 0.3) is 11.8 Å². The van der Waals surface area contributed by atoms with Crippen molar-refractivity contribution in [3.8, 4) is 23.0 Å². The molecule has 0 fully saturated rings. The van der Waals surface area contributed by atoms with Crippen molar-refractivity contribution in [3.63, 3.8) is 0 Å². The average molecular weight is 395 g/mol. The lowest BCUT2D eigenvalue weighted by atomic mass is 10.1. The van der Waals surface area contributed by atoms with Crippen LogP contribution in [0.5, 0.6) is 11.5 Å². The summed E-state index contributed by atoms with van der Waals surface area (Å²) in [5.41, 5.74) is 2.19. The van der Waals surface area contributed by atoms with Crippen LogP contribution in [0.15, 0.2) is 46.9 Å². The van der Waals surface area contributed by atoms with Crippen LogP contribution in [0.1, 0.15) is 21.8 Å². The predicted octanol–water partition coefficient (Wildman–Crippen LogP) is 2.25. The molecule has 0 saturated heterocycles. The quantitative estimate of drug-likeness (QED) is 0.633. The molecule has 4 rings (SSSR count). The summed E-state index contributed by atoms with van der Waals surface area (Å²) in [6, 6.07) is 12.4. The highest BCUT2D eigenvalue weighted by Gasteiger charge is 2.17. The van der Waals surface area contributed by atoms with Crippen LogP contribution in [0.25, 0.3) is 11.5 Å². The number of hydrogen-bond donors (Lipinski definition) is 1. The van der Waals surface area contributed by atoms with Gasteiger partial charge in [0, 0.05) is 11.1 Å². The Morgan fingerprint density at radius 1 is 1.10 bits per heavy atom. The molecule has 1 aliphatic rings. The maximum atomic E-state index is 12.2. The minimum atomic E-state index is -0.630. The molecule has 148 valence electrons. The van der Waals surface area contributed by atoms with Gasteiger partial charge < -0.3 is 23.9 Å². The molecule has 0 radical (unpaired) electrons. The molecule has 1 amide bonds. The van der Waals surface area contributed by atoms with E-state index in [1.807, 2.05) is 31.2 Å². The van der Waals surface area contributed by atoms with Crippen molar-refractivity contribution in [1.29, 1.82) is 0 Å². The standard InChI is InChI=1S/C20H17N3O6/c1-12-3-2-4-14(7-12)20-23-22-17(29-20)10-26-18(24)9-21-19(25)13-5-6-15-16(8-13)28-11-27-15/h2-8H,9-11H2,1H3,(H,21,25). The van der Waals surface area contributed by atoms with Crippen LogP contribution in [0.2, 0.25) is 0 Å². The van der Waals surface area contributed by atoms with E-state index >= 15 is 0 Å². The largest absolute Gasteiger partial charge is 0.454 e. The number of amides is 1. The lowest BCUT2D eigenvalue weighted by Crippen LogP contribution is -2.30. The van der Waals surface area contributed by atoms with Gasteiger partial charge in [-0.2, -0.15) is 0 Å². The van der Waals surface area contributed by atoms with Crippen molar-refractivity contribution in [3.05, 3.63) is 59.5 Å². The molecule has 0 spiro atoms. The number of ether oxygens (including phenoxy) is 3. The molecule has 0 bridgehead atoms. The van der Waals surface area contributed by atoms with Gasteiger partial charge in [-0.05, 0) is 37.3 Å². The first kappa shape index (κ1) is 18.5. The summed E-state index contributed by atoms with van der Waals surface area (Å²) < 4.78 is 21.0. The molecular formula is C20H17N3O6. The summed E-state index contributed by atoms with van der Waals surface area (Å²) in [7, 11) is 0. The van der Waals surface area contributed by atoms with Crippen LogP contribution < -0.4 is 14.8 Å². The molecule has 1 aliphatic heterocycles. The third-order valence-electron chi connectivity index (χ3n) is 4.12. The fourth-order valence-corrected chi connectivity index (χ4v) is 2.69. The maximum absolute atomic E-state index is 12.2. The Labute approximate surface area is 165 Å². The van der Waals surface area contributed by atoms with Gasteiger partial charge in [0.2, 0.25) is 12.7 Å². The van der Waals surface area contributed by atoms with Gasteiger partial charge in [-0.3, -0.25) is 9.59 Å². The maximum Gasteiger partial charge on any atom is 0.325 e. The van der Waals surface area contributed by atoms with Crippen molar-refractivity contribution in [2.24, 2.45) is 0 Å². The van der Waals surface area contributed by atoms with E-state index in [9.17, 15) is 9.59 Å². The third kappa shape index (κ3) is 4.34. The van der Waals surface area contributed by atoms with Gasteiger partial charge >= 0.3 is 5.97 Å². The molecule has 3 aromatic rings. The van der Waals surface area contributed by atoms with Crippen LogP contribution in [-0.2, 0) is 16.1 Å². The van der Waals surface area contributed by atoms with E-state index in [0.29, 0.717) is 23.0 Å². The molecule has 0 unspecified atom stereocenters. The van der Waals surface area contributed by atoms with E-state index in [-0.39, 0.29) is 25.8 Å². The molecule has 0 saturated carbocycles. The Bertz CT molecular complexity index is 1060. The summed E-state index contributed by atoms with van der Waals surface area (Å²) in [4.78, 5) is 24.0. The van der Waals surface area contributed by atoms with E-state index in [1.54, 1.807) is 18.2 Å². The zero-order chi connectivity index (χ0) is 20.2. The SMILES string of the molecule is Cc1cccc(-c2nnc(COC(=O)CNC(=O)c3ccc4c(c3)OCO4)o2)c1. The van der Waals surface area contributed by atoms with E-state index in [1.165, 1.54) is 0 Å². The summed E-state index contributed by atoms with van der Waals surface area (Å²) >= 11 is 0. The Hall–Kier alpha value is -3.88. The summed E-state index contributed by atoms with van der Waals surface area (Å²) in [6.07, 6.45) is 0. The monoisotopic (exact) mass is 395 g/mol. The fourth-order valence-electron chi connectivity index (χ4n) is 2.69. The van der Waals surface area contributed by atoms with Crippen molar-refractivity contribution >= 4 is 11.9 Å². The lowest BCUT2D eigenvalue weighted by molar-refractivity contribution is -0.144. The predicted molar refractivity (Wildman–Crippen MR) is 99.2 cm³/mol. The summed E-state index contributed by atoms with van der Waals surface area (Å²) in [6.45, 7) is 1.60. The topological polar surface area (TPSA) is 113 Å². The van der Waals surface area contributed by atoms with E-state index in [2.05, 4.69) is 15.5 Å². The second-order valence-corrected chi connectivity index (χ2v) is 6.28. The first-order valence-electron chi connectivity index (χ1n) is 8.81. The minimum Gasteiger partial charge on any atom is -0.454 e. The van der Waals surface area contributed by atoms with Crippen LogP contribution in [-0.4, -0.2) is 35.4 Å². The van der Waals surface area contributed by atoms with Crippen LogP contribution in [0.3, 0.4) is 0 Å². The molecule has 0 atom stereocenters. The number of hydrogen-bond acceptors (Lipinski definition) is 8. The molecule has 2 heterocycles. The number of carbonyl (C=O) groups is 2. The number of benzene rings is 2. The number of nitrogens with one attached hydrogen (secondary N) is 1. The molecule has 9 heteroatoms. The van der Waals surface area contributed by atoms with Crippen molar-refractivity contribution in [2.45, 2.75) is 13.5 Å².